The fourth-order valence-corrected chi connectivity index (χ4v) is 4.53. The van der Waals surface area contributed by atoms with Crippen LogP contribution in [0, 0.1) is 11.3 Å². The number of halogens is 1. The Morgan fingerprint density at radius 1 is 1.31 bits per heavy atom. The van der Waals surface area contributed by atoms with E-state index in [1.807, 2.05) is 6.92 Å². The van der Waals surface area contributed by atoms with Crippen molar-refractivity contribution in [1.29, 1.82) is 0 Å². The monoisotopic (exact) mass is 482 g/mol. The van der Waals surface area contributed by atoms with E-state index in [-0.39, 0.29) is 29.4 Å². The highest BCUT2D eigenvalue weighted by Crippen LogP contribution is 2.52. The Kier molecular flexibility index (Phi) is 7.57. The van der Waals surface area contributed by atoms with Crippen LogP contribution in [0.1, 0.15) is 27.2 Å². The number of guanidine groups is 1. The number of nitrogens with zero attached hydrogens (tertiary/aromatic N) is 2. The van der Waals surface area contributed by atoms with E-state index in [0.717, 1.165) is 45.3 Å². The van der Waals surface area contributed by atoms with Crippen molar-refractivity contribution in [1.82, 2.24) is 15.5 Å². The number of fused-ring (bicyclic) bond motifs is 1. The lowest BCUT2D eigenvalue weighted by Gasteiger charge is -2.55. The van der Waals surface area contributed by atoms with Crippen molar-refractivity contribution in [3.05, 3.63) is 0 Å². The topological polar surface area (TPSA) is 78.4 Å². The van der Waals surface area contributed by atoms with Crippen LogP contribution in [-0.4, -0.2) is 86.8 Å². The van der Waals surface area contributed by atoms with Crippen molar-refractivity contribution in [3.8, 4) is 0 Å². The van der Waals surface area contributed by atoms with Crippen molar-refractivity contribution in [2.45, 2.75) is 44.9 Å². The Morgan fingerprint density at radius 3 is 2.65 bits per heavy atom. The van der Waals surface area contributed by atoms with E-state index in [1.165, 1.54) is 0 Å². The molecule has 3 fully saturated rings. The molecule has 0 bridgehead atoms. The molecular formula is C18H35IN4O3. The molecule has 152 valence electrons. The molecule has 2 saturated heterocycles. The largest absolute Gasteiger partial charge is 0.387 e. The van der Waals surface area contributed by atoms with Gasteiger partial charge in [0, 0.05) is 57.2 Å². The summed E-state index contributed by atoms with van der Waals surface area (Å²) in [7, 11) is 1.78. The zero-order chi connectivity index (χ0) is 18.1. The van der Waals surface area contributed by atoms with E-state index < -0.39 is 5.60 Å². The first-order chi connectivity index (χ1) is 11.8. The molecule has 3 aliphatic rings. The molecule has 3 rings (SSSR count). The molecule has 0 spiro atoms. The van der Waals surface area contributed by atoms with Gasteiger partial charge < -0.3 is 25.2 Å². The minimum absolute atomic E-state index is 0. The number of β-amino-alcohol motifs (C(OH)–C–C–N with tert-alkyl or cyclic N) is 1. The van der Waals surface area contributed by atoms with Gasteiger partial charge in [-0.1, -0.05) is 13.8 Å². The Bertz CT molecular complexity index is 495. The molecule has 0 aromatic heterocycles. The van der Waals surface area contributed by atoms with Gasteiger partial charge >= 0.3 is 0 Å². The normalized spacial score (nSPS) is 33.4. The van der Waals surface area contributed by atoms with Crippen LogP contribution in [0.3, 0.4) is 0 Å². The summed E-state index contributed by atoms with van der Waals surface area (Å²) < 4.78 is 11.2. The fourth-order valence-electron chi connectivity index (χ4n) is 4.53. The molecule has 1 saturated carbocycles. The third kappa shape index (κ3) is 4.81. The van der Waals surface area contributed by atoms with E-state index >= 15 is 0 Å². The summed E-state index contributed by atoms with van der Waals surface area (Å²) in [6.07, 6.45) is 1.46. The number of aliphatic hydroxyl groups is 1. The van der Waals surface area contributed by atoms with Gasteiger partial charge in [0.1, 0.15) is 0 Å². The van der Waals surface area contributed by atoms with Gasteiger partial charge in [0.15, 0.2) is 5.96 Å². The van der Waals surface area contributed by atoms with Crippen molar-refractivity contribution >= 4 is 29.9 Å². The Morgan fingerprint density at radius 2 is 2.00 bits per heavy atom. The second-order valence-corrected chi connectivity index (χ2v) is 8.50. The summed E-state index contributed by atoms with van der Waals surface area (Å²) in [6.45, 7) is 11.6. The molecule has 1 aliphatic carbocycles. The number of hydrogen-bond donors (Lipinski definition) is 3. The van der Waals surface area contributed by atoms with E-state index in [9.17, 15) is 5.11 Å². The highest BCUT2D eigenvalue weighted by Gasteiger charge is 2.59. The minimum Gasteiger partial charge on any atom is -0.387 e. The molecule has 7 nitrogen and oxygen atoms in total. The Balaban J connectivity index is 0.00000243. The molecular weight excluding hydrogens is 447 g/mol. The SMILES string of the molecule is CN=C(NCC(C)(O)CN1CCOCC1)NC1C2CCOC2C1(C)C.I. The molecule has 26 heavy (non-hydrogen) atoms. The highest BCUT2D eigenvalue weighted by molar-refractivity contribution is 14.0. The third-order valence-corrected chi connectivity index (χ3v) is 5.92. The Labute approximate surface area is 174 Å². The van der Waals surface area contributed by atoms with Gasteiger partial charge in [0.25, 0.3) is 0 Å². The first-order valence-corrected chi connectivity index (χ1v) is 9.45. The maximum atomic E-state index is 10.7. The molecule has 3 N–H and O–H groups in total. The molecule has 0 amide bonds. The van der Waals surface area contributed by atoms with Gasteiger partial charge in [0.05, 0.1) is 24.9 Å². The lowest BCUT2D eigenvalue weighted by molar-refractivity contribution is -0.107. The number of hydrogen-bond acceptors (Lipinski definition) is 5. The standard InChI is InChI=1S/C18H34N4O3.HI/c1-17(2)14(13-5-8-25-15(13)17)21-16(19-4)20-11-18(3,23)12-22-6-9-24-10-7-22;/h13-15,23H,5-12H2,1-4H3,(H2,19,20,21);1H. The van der Waals surface area contributed by atoms with Crippen LogP contribution in [0.4, 0.5) is 0 Å². The predicted molar refractivity (Wildman–Crippen MR) is 113 cm³/mol. The van der Waals surface area contributed by atoms with Crippen LogP contribution in [-0.2, 0) is 9.47 Å². The Hall–Kier alpha value is -0.160. The lowest BCUT2D eigenvalue weighted by atomic mass is 9.57. The summed E-state index contributed by atoms with van der Waals surface area (Å²) >= 11 is 0. The molecule has 0 aromatic rings. The average Bonchev–Trinajstić information content (AvgIpc) is 3.02. The zero-order valence-corrected chi connectivity index (χ0v) is 18.8. The van der Waals surface area contributed by atoms with E-state index in [4.69, 9.17) is 9.47 Å². The number of ether oxygens (including phenoxy) is 2. The quantitative estimate of drug-likeness (QED) is 0.304. The van der Waals surface area contributed by atoms with Gasteiger partial charge in [-0.25, -0.2) is 0 Å². The molecule has 4 atom stereocenters. The van der Waals surface area contributed by atoms with Gasteiger partial charge in [0.2, 0.25) is 0 Å². The van der Waals surface area contributed by atoms with Gasteiger partial charge in [-0.05, 0) is 13.3 Å². The van der Waals surface area contributed by atoms with Gasteiger partial charge in [-0.2, -0.15) is 0 Å². The lowest BCUT2D eigenvalue weighted by Crippen LogP contribution is -2.68. The number of nitrogens with one attached hydrogen (secondary N) is 2. The number of rotatable bonds is 5. The highest BCUT2D eigenvalue weighted by atomic mass is 127. The fraction of sp³-hybridized carbons (Fsp3) is 0.944. The maximum absolute atomic E-state index is 10.7. The molecule has 8 heteroatoms. The first-order valence-electron chi connectivity index (χ1n) is 9.45. The second-order valence-electron chi connectivity index (χ2n) is 8.50. The maximum Gasteiger partial charge on any atom is 0.191 e. The van der Waals surface area contributed by atoms with Crippen LogP contribution in [0.5, 0.6) is 0 Å². The van der Waals surface area contributed by atoms with Crippen LogP contribution in [0.15, 0.2) is 4.99 Å². The zero-order valence-electron chi connectivity index (χ0n) is 16.5. The summed E-state index contributed by atoms with van der Waals surface area (Å²) in [5, 5.41) is 17.6. The van der Waals surface area contributed by atoms with Gasteiger partial charge in [-0.15, -0.1) is 24.0 Å². The van der Waals surface area contributed by atoms with Gasteiger partial charge in [-0.3, -0.25) is 9.89 Å². The molecule has 4 unspecified atom stereocenters. The molecule has 2 heterocycles. The predicted octanol–water partition coefficient (Wildman–Crippen LogP) is 0.666. The van der Waals surface area contributed by atoms with Crippen molar-refractivity contribution in [2.24, 2.45) is 16.3 Å². The van der Waals surface area contributed by atoms with Crippen molar-refractivity contribution in [3.63, 3.8) is 0 Å². The van der Waals surface area contributed by atoms with Crippen LogP contribution < -0.4 is 10.6 Å². The van der Waals surface area contributed by atoms with Crippen molar-refractivity contribution in [2.75, 3.05) is 53.0 Å². The van der Waals surface area contributed by atoms with E-state index in [1.54, 1.807) is 7.05 Å². The summed E-state index contributed by atoms with van der Waals surface area (Å²) in [6, 6.07) is 0.357. The average molecular weight is 482 g/mol. The van der Waals surface area contributed by atoms with Crippen LogP contribution in [0.25, 0.3) is 0 Å². The van der Waals surface area contributed by atoms with E-state index in [0.29, 0.717) is 31.2 Å². The minimum atomic E-state index is -0.816. The number of morpholine rings is 1. The smallest absolute Gasteiger partial charge is 0.191 e. The summed E-state index contributed by atoms with van der Waals surface area (Å²) in [4.78, 5) is 6.60. The summed E-state index contributed by atoms with van der Waals surface area (Å²) in [5.74, 6) is 1.31. The number of aliphatic imine (C=N–C) groups is 1. The van der Waals surface area contributed by atoms with Crippen molar-refractivity contribution < 1.29 is 14.6 Å². The molecule has 0 radical (unpaired) electrons. The van der Waals surface area contributed by atoms with E-state index in [2.05, 4.69) is 34.4 Å². The van der Waals surface area contributed by atoms with Crippen LogP contribution >= 0.6 is 24.0 Å². The van der Waals surface area contributed by atoms with Crippen LogP contribution in [0.2, 0.25) is 0 Å². The molecule has 0 aromatic carbocycles. The third-order valence-electron chi connectivity index (χ3n) is 5.92. The summed E-state index contributed by atoms with van der Waals surface area (Å²) in [5.41, 5.74) is -0.710. The second kappa shape index (κ2) is 8.89. The molecule has 2 aliphatic heterocycles. The first kappa shape index (κ1) is 22.1.